The Kier molecular flexibility index (Phi) is 8.13. The van der Waals surface area contributed by atoms with Crippen molar-refractivity contribution in [2.45, 2.75) is 19.8 Å². The molecular weight excluding hydrogens is 252 g/mol. The van der Waals surface area contributed by atoms with E-state index in [1.165, 1.54) is 0 Å². The molecule has 0 unspecified atom stereocenters. The molecule has 20 heavy (non-hydrogen) atoms. The molecular formula is C16H22N2O2. The maximum Gasteiger partial charge on any atom is 0.252 e. The van der Waals surface area contributed by atoms with Gasteiger partial charge in [-0.1, -0.05) is 30.9 Å². The molecule has 1 amide bonds. The van der Waals surface area contributed by atoms with Gasteiger partial charge in [0.25, 0.3) is 5.91 Å². The van der Waals surface area contributed by atoms with Gasteiger partial charge >= 0.3 is 0 Å². The van der Waals surface area contributed by atoms with Gasteiger partial charge in [-0.3, -0.25) is 4.79 Å². The fourth-order valence-electron chi connectivity index (χ4n) is 1.65. The van der Waals surface area contributed by atoms with Gasteiger partial charge in [-0.25, -0.2) is 0 Å². The molecule has 0 atom stereocenters. The zero-order valence-electron chi connectivity index (χ0n) is 11.9. The summed E-state index contributed by atoms with van der Waals surface area (Å²) in [6, 6.07) is 7.27. The average molecular weight is 274 g/mol. The zero-order chi connectivity index (χ0) is 14.6. The molecule has 0 radical (unpaired) electrons. The van der Waals surface area contributed by atoms with Crippen LogP contribution in [-0.2, 0) is 4.74 Å². The lowest BCUT2D eigenvalue weighted by atomic mass is 10.1. The molecule has 0 aliphatic rings. The van der Waals surface area contributed by atoms with E-state index in [1.54, 1.807) is 6.07 Å². The van der Waals surface area contributed by atoms with Crippen LogP contribution in [0.5, 0.6) is 0 Å². The van der Waals surface area contributed by atoms with Crippen LogP contribution >= 0.6 is 0 Å². The molecule has 0 heterocycles. The largest absolute Gasteiger partial charge is 0.381 e. The number of benzene rings is 1. The number of carbonyl (C=O) groups is 1. The predicted molar refractivity (Wildman–Crippen MR) is 80.4 cm³/mol. The van der Waals surface area contributed by atoms with Crippen LogP contribution in [0.1, 0.15) is 35.7 Å². The first-order chi connectivity index (χ1) is 9.79. The van der Waals surface area contributed by atoms with E-state index in [1.807, 2.05) is 18.2 Å². The molecule has 0 fully saturated rings. The summed E-state index contributed by atoms with van der Waals surface area (Å²) in [5, 5.41) is 2.87. The van der Waals surface area contributed by atoms with E-state index in [4.69, 9.17) is 10.5 Å². The Hall–Kier alpha value is -1.83. The van der Waals surface area contributed by atoms with Crippen LogP contribution in [0.2, 0.25) is 0 Å². The normalized spacial score (nSPS) is 9.70. The summed E-state index contributed by atoms with van der Waals surface area (Å²) in [6.07, 6.45) is 1.82. The molecule has 108 valence electrons. The van der Waals surface area contributed by atoms with Crippen LogP contribution in [0.3, 0.4) is 0 Å². The molecule has 0 spiro atoms. The summed E-state index contributed by atoms with van der Waals surface area (Å²) >= 11 is 0. The minimum atomic E-state index is -0.109. The molecule has 1 rings (SSSR count). The van der Waals surface area contributed by atoms with Gasteiger partial charge in [0, 0.05) is 25.3 Å². The molecule has 0 saturated heterocycles. The smallest absolute Gasteiger partial charge is 0.252 e. The van der Waals surface area contributed by atoms with Gasteiger partial charge in [-0.05, 0) is 25.0 Å². The summed E-state index contributed by atoms with van der Waals surface area (Å²) in [6.45, 7) is 4.39. The molecule has 0 aliphatic carbocycles. The Morgan fingerprint density at radius 1 is 1.35 bits per heavy atom. The Bertz CT molecular complexity index is 475. The Balaban J connectivity index is 2.47. The van der Waals surface area contributed by atoms with Crippen LogP contribution in [0, 0.1) is 11.8 Å². The van der Waals surface area contributed by atoms with Crippen molar-refractivity contribution in [1.82, 2.24) is 5.32 Å². The number of carbonyl (C=O) groups excluding carboxylic acids is 1. The summed E-state index contributed by atoms with van der Waals surface area (Å²) in [7, 11) is 0. The molecule has 0 aromatic heterocycles. The highest BCUT2D eigenvalue weighted by molar-refractivity contribution is 5.96. The van der Waals surface area contributed by atoms with Gasteiger partial charge in [0.05, 0.1) is 12.1 Å². The second-order valence-electron chi connectivity index (χ2n) is 4.27. The summed E-state index contributed by atoms with van der Waals surface area (Å²) in [4.78, 5) is 12.1. The number of amides is 1. The fourth-order valence-corrected chi connectivity index (χ4v) is 1.65. The summed E-state index contributed by atoms with van der Waals surface area (Å²) in [5.74, 6) is 5.57. The monoisotopic (exact) mass is 274 g/mol. The molecule has 3 N–H and O–H groups in total. The number of nitrogens with two attached hydrogens (primary N) is 1. The molecule has 1 aromatic carbocycles. The first-order valence-electron chi connectivity index (χ1n) is 6.93. The van der Waals surface area contributed by atoms with E-state index in [2.05, 4.69) is 24.1 Å². The van der Waals surface area contributed by atoms with E-state index in [-0.39, 0.29) is 12.5 Å². The lowest BCUT2D eigenvalue weighted by Crippen LogP contribution is -2.26. The molecule has 4 heteroatoms. The number of ether oxygens (including phenoxy) is 1. The Labute approximate surface area is 120 Å². The molecule has 1 aromatic rings. The molecule has 4 nitrogen and oxygen atoms in total. The Morgan fingerprint density at radius 3 is 2.90 bits per heavy atom. The van der Waals surface area contributed by atoms with Crippen molar-refractivity contribution in [1.29, 1.82) is 0 Å². The highest BCUT2D eigenvalue weighted by atomic mass is 16.5. The second kappa shape index (κ2) is 10.0. The van der Waals surface area contributed by atoms with Crippen LogP contribution in [0.25, 0.3) is 0 Å². The standard InChI is InChI=1S/C16H22N2O2/c1-2-12-20-13-6-11-18-16(19)15-9-4-3-7-14(15)8-5-10-17/h3-4,7,9H,2,6,10-13,17H2,1H3,(H,18,19). The quantitative estimate of drug-likeness (QED) is 0.585. The van der Waals surface area contributed by atoms with E-state index in [9.17, 15) is 4.79 Å². The van der Waals surface area contributed by atoms with E-state index < -0.39 is 0 Å². The van der Waals surface area contributed by atoms with Gasteiger partial charge in [-0.2, -0.15) is 0 Å². The lowest BCUT2D eigenvalue weighted by Gasteiger charge is -2.07. The third-order valence-corrected chi connectivity index (χ3v) is 2.60. The second-order valence-corrected chi connectivity index (χ2v) is 4.27. The van der Waals surface area contributed by atoms with Gasteiger partial charge in [0.2, 0.25) is 0 Å². The summed E-state index contributed by atoms with van der Waals surface area (Å²) in [5.41, 5.74) is 6.64. The zero-order valence-corrected chi connectivity index (χ0v) is 11.9. The van der Waals surface area contributed by atoms with Crippen LogP contribution < -0.4 is 11.1 Å². The van der Waals surface area contributed by atoms with Crippen molar-refractivity contribution in [3.8, 4) is 11.8 Å². The number of nitrogens with one attached hydrogen (secondary N) is 1. The highest BCUT2D eigenvalue weighted by Gasteiger charge is 2.08. The third kappa shape index (κ3) is 5.87. The topological polar surface area (TPSA) is 64.3 Å². The van der Waals surface area contributed by atoms with E-state index in [0.717, 1.165) is 19.4 Å². The van der Waals surface area contributed by atoms with Crippen molar-refractivity contribution in [3.63, 3.8) is 0 Å². The average Bonchev–Trinajstić information content (AvgIpc) is 2.48. The predicted octanol–water partition coefficient (Wildman–Crippen LogP) is 1.54. The molecule has 0 aliphatic heterocycles. The van der Waals surface area contributed by atoms with Crippen molar-refractivity contribution in [2.24, 2.45) is 5.73 Å². The molecule has 0 bridgehead atoms. The maximum absolute atomic E-state index is 12.1. The molecule has 0 saturated carbocycles. The van der Waals surface area contributed by atoms with Gasteiger partial charge < -0.3 is 15.8 Å². The minimum absolute atomic E-state index is 0.109. The van der Waals surface area contributed by atoms with Gasteiger partial charge in [0.1, 0.15) is 0 Å². The number of hydrogen-bond acceptors (Lipinski definition) is 3. The summed E-state index contributed by atoms with van der Waals surface area (Å²) < 4.78 is 5.36. The van der Waals surface area contributed by atoms with E-state index >= 15 is 0 Å². The van der Waals surface area contributed by atoms with Crippen LogP contribution in [-0.4, -0.2) is 32.2 Å². The SMILES string of the molecule is CCCOCCCNC(=O)c1ccccc1C#CCN. The number of rotatable bonds is 7. The number of hydrogen-bond donors (Lipinski definition) is 2. The van der Waals surface area contributed by atoms with Crippen LogP contribution in [0.15, 0.2) is 24.3 Å². The van der Waals surface area contributed by atoms with Gasteiger partial charge in [-0.15, -0.1) is 0 Å². The lowest BCUT2D eigenvalue weighted by molar-refractivity contribution is 0.0941. The van der Waals surface area contributed by atoms with Crippen LogP contribution in [0.4, 0.5) is 0 Å². The van der Waals surface area contributed by atoms with Crippen molar-refractivity contribution < 1.29 is 9.53 Å². The van der Waals surface area contributed by atoms with Crippen molar-refractivity contribution in [2.75, 3.05) is 26.3 Å². The highest BCUT2D eigenvalue weighted by Crippen LogP contribution is 2.07. The Morgan fingerprint density at radius 2 is 2.15 bits per heavy atom. The van der Waals surface area contributed by atoms with Crippen molar-refractivity contribution in [3.05, 3.63) is 35.4 Å². The third-order valence-electron chi connectivity index (χ3n) is 2.60. The van der Waals surface area contributed by atoms with E-state index in [0.29, 0.717) is 24.3 Å². The van der Waals surface area contributed by atoms with Gasteiger partial charge in [0.15, 0.2) is 0 Å². The minimum Gasteiger partial charge on any atom is -0.381 e. The van der Waals surface area contributed by atoms with Crippen molar-refractivity contribution >= 4 is 5.91 Å². The first kappa shape index (κ1) is 16.2. The fraction of sp³-hybridized carbons (Fsp3) is 0.438. The first-order valence-corrected chi connectivity index (χ1v) is 6.93. The maximum atomic E-state index is 12.1.